The van der Waals surface area contributed by atoms with Crippen LogP contribution in [0.25, 0.3) is 0 Å². The smallest absolute Gasteiger partial charge is 0.329 e. The van der Waals surface area contributed by atoms with Gasteiger partial charge in [-0.3, -0.25) is 4.79 Å². The summed E-state index contributed by atoms with van der Waals surface area (Å²) in [5.74, 6) is -1.31. The van der Waals surface area contributed by atoms with Crippen molar-refractivity contribution in [1.82, 2.24) is 9.62 Å². The van der Waals surface area contributed by atoms with Crippen LogP contribution in [0.4, 0.5) is 0 Å². The number of carbonyl (C=O) groups excluding carboxylic acids is 1. The van der Waals surface area contributed by atoms with Crippen molar-refractivity contribution >= 4 is 21.9 Å². The Morgan fingerprint density at radius 2 is 1.77 bits per heavy atom. The number of nitrogens with zero attached hydrogens (tertiary/aromatic N) is 1. The topological polar surface area (TPSA) is 113 Å². The number of sulfonamides is 1. The van der Waals surface area contributed by atoms with Crippen molar-refractivity contribution in [2.24, 2.45) is 0 Å². The molecular formula is C17H22N2O6S. The number of morpholine rings is 1. The highest BCUT2D eigenvalue weighted by atomic mass is 32.2. The standard InChI is InChI=1S/C17H22N2O6S/c20-15(18-17(7-8-17)16(21)22)6-3-13-1-4-14(5-2-13)26(23,24)19-9-11-25-12-10-19/h1-2,4-5H,3,6-12H2,(H,18,20)(H,21,22). The third-order valence-corrected chi connectivity index (χ3v) is 6.62. The molecule has 1 saturated heterocycles. The minimum atomic E-state index is -3.53. The third kappa shape index (κ3) is 4.05. The van der Waals surface area contributed by atoms with Crippen molar-refractivity contribution in [2.45, 2.75) is 36.1 Å². The molecule has 1 aliphatic heterocycles. The Bertz CT molecular complexity index is 780. The molecule has 1 saturated carbocycles. The van der Waals surface area contributed by atoms with Gasteiger partial charge in [0.05, 0.1) is 18.1 Å². The van der Waals surface area contributed by atoms with Gasteiger partial charge in [-0.25, -0.2) is 13.2 Å². The van der Waals surface area contributed by atoms with E-state index in [0.29, 0.717) is 45.6 Å². The number of amides is 1. The summed E-state index contributed by atoms with van der Waals surface area (Å²) in [6.07, 6.45) is 1.49. The number of aliphatic carboxylic acids is 1. The zero-order valence-electron chi connectivity index (χ0n) is 14.3. The average molecular weight is 382 g/mol. The van der Waals surface area contributed by atoms with E-state index in [0.717, 1.165) is 5.56 Å². The van der Waals surface area contributed by atoms with Gasteiger partial charge in [-0.1, -0.05) is 12.1 Å². The highest BCUT2D eigenvalue weighted by Gasteiger charge is 2.51. The largest absolute Gasteiger partial charge is 0.480 e. The van der Waals surface area contributed by atoms with Crippen LogP contribution in [0.1, 0.15) is 24.8 Å². The number of carbonyl (C=O) groups is 2. The molecule has 142 valence electrons. The molecule has 1 aliphatic carbocycles. The third-order valence-electron chi connectivity index (χ3n) is 4.71. The lowest BCUT2D eigenvalue weighted by Gasteiger charge is -2.26. The molecule has 0 unspecified atom stereocenters. The summed E-state index contributed by atoms with van der Waals surface area (Å²) < 4.78 is 31.7. The number of nitrogens with one attached hydrogen (secondary N) is 1. The molecule has 2 aliphatic rings. The number of benzene rings is 1. The molecule has 8 nitrogen and oxygen atoms in total. The van der Waals surface area contributed by atoms with Crippen LogP contribution in [0.3, 0.4) is 0 Å². The Balaban J connectivity index is 1.56. The molecule has 0 atom stereocenters. The molecule has 1 aromatic carbocycles. The predicted molar refractivity (Wildman–Crippen MR) is 92.1 cm³/mol. The average Bonchev–Trinajstić information content (AvgIpc) is 3.42. The predicted octanol–water partition coefficient (Wildman–Crippen LogP) is 0.373. The molecule has 1 heterocycles. The van der Waals surface area contributed by atoms with Crippen molar-refractivity contribution in [2.75, 3.05) is 26.3 Å². The summed E-state index contributed by atoms with van der Waals surface area (Å²) in [6, 6.07) is 6.45. The zero-order valence-corrected chi connectivity index (χ0v) is 15.1. The van der Waals surface area contributed by atoms with Gasteiger partial charge in [0, 0.05) is 19.5 Å². The van der Waals surface area contributed by atoms with Crippen LogP contribution in [-0.2, 0) is 30.8 Å². The summed E-state index contributed by atoms with van der Waals surface area (Å²) in [7, 11) is -3.53. The summed E-state index contributed by atoms with van der Waals surface area (Å²) in [6.45, 7) is 1.47. The van der Waals surface area contributed by atoms with Crippen LogP contribution in [-0.4, -0.2) is 61.5 Å². The first-order valence-corrected chi connectivity index (χ1v) is 9.99. The van der Waals surface area contributed by atoms with E-state index >= 15 is 0 Å². The molecule has 0 aromatic heterocycles. The van der Waals surface area contributed by atoms with E-state index in [1.54, 1.807) is 12.1 Å². The lowest BCUT2D eigenvalue weighted by Crippen LogP contribution is -2.43. The molecule has 1 aromatic rings. The van der Waals surface area contributed by atoms with Crippen LogP contribution >= 0.6 is 0 Å². The van der Waals surface area contributed by atoms with Gasteiger partial charge >= 0.3 is 5.97 Å². The minimum absolute atomic E-state index is 0.157. The van der Waals surface area contributed by atoms with Gasteiger partial charge in [-0.15, -0.1) is 0 Å². The van der Waals surface area contributed by atoms with Gasteiger partial charge < -0.3 is 15.2 Å². The monoisotopic (exact) mass is 382 g/mol. The van der Waals surface area contributed by atoms with E-state index in [4.69, 9.17) is 9.84 Å². The molecule has 0 spiro atoms. The van der Waals surface area contributed by atoms with Crippen LogP contribution in [0, 0.1) is 0 Å². The molecule has 9 heteroatoms. The Labute approximate surface area is 152 Å². The van der Waals surface area contributed by atoms with E-state index in [-0.39, 0.29) is 17.2 Å². The quantitative estimate of drug-likeness (QED) is 0.705. The molecule has 0 radical (unpaired) electrons. The highest BCUT2D eigenvalue weighted by Crippen LogP contribution is 2.35. The van der Waals surface area contributed by atoms with E-state index in [1.165, 1.54) is 16.4 Å². The highest BCUT2D eigenvalue weighted by molar-refractivity contribution is 7.89. The second-order valence-electron chi connectivity index (χ2n) is 6.60. The van der Waals surface area contributed by atoms with Crippen molar-refractivity contribution in [3.8, 4) is 0 Å². The first-order valence-electron chi connectivity index (χ1n) is 8.55. The van der Waals surface area contributed by atoms with Crippen LogP contribution in [0.15, 0.2) is 29.2 Å². The first kappa shape index (κ1) is 18.8. The number of ether oxygens (including phenoxy) is 1. The molecule has 2 fully saturated rings. The normalized spacial score (nSPS) is 19.7. The van der Waals surface area contributed by atoms with Gasteiger partial charge in [-0.05, 0) is 37.0 Å². The number of carboxylic acid groups (broad SMARTS) is 1. The minimum Gasteiger partial charge on any atom is -0.480 e. The summed E-state index contributed by atoms with van der Waals surface area (Å²) >= 11 is 0. The van der Waals surface area contributed by atoms with Crippen molar-refractivity contribution in [3.63, 3.8) is 0 Å². The Morgan fingerprint density at radius 3 is 2.31 bits per heavy atom. The lowest BCUT2D eigenvalue weighted by atomic mass is 10.1. The van der Waals surface area contributed by atoms with Crippen LogP contribution in [0.2, 0.25) is 0 Å². The number of carboxylic acids is 1. The van der Waals surface area contributed by atoms with E-state index in [2.05, 4.69) is 5.32 Å². The number of rotatable bonds is 7. The maximum atomic E-state index is 12.5. The Hall–Kier alpha value is -1.97. The van der Waals surface area contributed by atoms with Gasteiger partial charge in [0.15, 0.2) is 0 Å². The van der Waals surface area contributed by atoms with Crippen LogP contribution in [0.5, 0.6) is 0 Å². The summed E-state index contributed by atoms with van der Waals surface area (Å²) in [5.41, 5.74) is -0.256. The van der Waals surface area contributed by atoms with Gasteiger partial charge in [0.2, 0.25) is 15.9 Å². The molecule has 1 amide bonds. The van der Waals surface area contributed by atoms with Gasteiger partial charge in [0.1, 0.15) is 5.54 Å². The number of aryl methyl sites for hydroxylation is 1. The summed E-state index contributed by atoms with van der Waals surface area (Å²) in [4.78, 5) is 23.2. The fraction of sp³-hybridized carbons (Fsp3) is 0.529. The van der Waals surface area contributed by atoms with Crippen molar-refractivity contribution in [1.29, 1.82) is 0 Å². The van der Waals surface area contributed by atoms with Crippen molar-refractivity contribution in [3.05, 3.63) is 29.8 Å². The molecule has 2 N–H and O–H groups in total. The second kappa shape index (κ2) is 7.34. The maximum Gasteiger partial charge on any atom is 0.329 e. The van der Waals surface area contributed by atoms with Gasteiger partial charge in [-0.2, -0.15) is 4.31 Å². The van der Waals surface area contributed by atoms with E-state index in [1.807, 2.05) is 0 Å². The molecule has 3 rings (SSSR count). The van der Waals surface area contributed by atoms with E-state index < -0.39 is 21.5 Å². The number of hydrogen-bond donors (Lipinski definition) is 2. The Kier molecular flexibility index (Phi) is 5.31. The van der Waals surface area contributed by atoms with Crippen LogP contribution < -0.4 is 5.32 Å². The van der Waals surface area contributed by atoms with Crippen molar-refractivity contribution < 1.29 is 27.9 Å². The SMILES string of the molecule is O=C(CCc1ccc(S(=O)(=O)N2CCOCC2)cc1)NC1(C(=O)O)CC1. The fourth-order valence-electron chi connectivity index (χ4n) is 2.87. The summed E-state index contributed by atoms with van der Waals surface area (Å²) in [5, 5.41) is 11.6. The lowest BCUT2D eigenvalue weighted by molar-refractivity contribution is -0.143. The first-order chi connectivity index (χ1) is 12.3. The van der Waals surface area contributed by atoms with E-state index in [9.17, 15) is 18.0 Å². The molecule has 26 heavy (non-hydrogen) atoms. The molecular weight excluding hydrogens is 360 g/mol. The fourth-order valence-corrected chi connectivity index (χ4v) is 4.28. The number of hydrogen-bond acceptors (Lipinski definition) is 5. The zero-order chi connectivity index (χ0) is 18.8. The maximum absolute atomic E-state index is 12.5. The second-order valence-corrected chi connectivity index (χ2v) is 8.53. The van der Waals surface area contributed by atoms with Gasteiger partial charge in [0.25, 0.3) is 0 Å². The Morgan fingerprint density at radius 1 is 1.15 bits per heavy atom. The molecule has 0 bridgehead atoms.